The zero-order chi connectivity index (χ0) is 23.0. The lowest BCUT2D eigenvalue weighted by atomic mass is 10.0. The molecule has 1 fully saturated rings. The second kappa shape index (κ2) is 11.0. The minimum absolute atomic E-state index is 0.0950. The third-order valence-electron chi connectivity index (χ3n) is 5.98. The van der Waals surface area contributed by atoms with E-state index in [1.165, 1.54) is 19.3 Å². The number of aromatic nitrogens is 1. The van der Waals surface area contributed by atoms with Crippen LogP contribution < -0.4 is 14.8 Å². The maximum Gasteiger partial charge on any atom is 0.273 e. The van der Waals surface area contributed by atoms with Crippen molar-refractivity contribution >= 4 is 5.91 Å². The number of carbonyl (C=O) groups is 1. The maximum atomic E-state index is 12.9. The van der Waals surface area contributed by atoms with Crippen molar-refractivity contribution in [3.8, 4) is 22.8 Å². The second-order valence-electron chi connectivity index (χ2n) is 8.13. The average Bonchev–Trinajstić information content (AvgIpc) is 3.36. The fourth-order valence-corrected chi connectivity index (χ4v) is 4.19. The third-order valence-corrected chi connectivity index (χ3v) is 5.98. The monoisotopic (exact) mass is 449 g/mol. The van der Waals surface area contributed by atoms with E-state index in [0.717, 1.165) is 35.7 Å². The van der Waals surface area contributed by atoms with Gasteiger partial charge in [-0.3, -0.25) is 9.69 Å². The first kappa shape index (κ1) is 22.9. The summed E-state index contributed by atoms with van der Waals surface area (Å²) in [7, 11) is 1.66. The molecular weight excluding hydrogens is 418 g/mol. The van der Waals surface area contributed by atoms with Gasteiger partial charge in [0.1, 0.15) is 11.5 Å². The molecule has 7 nitrogen and oxygen atoms in total. The Balaban J connectivity index is 1.43. The van der Waals surface area contributed by atoms with Gasteiger partial charge >= 0.3 is 0 Å². The fourth-order valence-electron chi connectivity index (χ4n) is 4.19. The van der Waals surface area contributed by atoms with Crippen LogP contribution in [0.15, 0.2) is 59.1 Å². The van der Waals surface area contributed by atoms with Gasteiger partial charge in [0.15, 0.2) is 11.5 Å². The molecule has 0 saturated carbocycles. The van der Waals surface area contributed by atoms with E-state index >= 15 is 0 Å². The molecule has 3 aromatic rings. The van der Waals surface area contributed by atoms with Crippen molar-refractivity contribution in [2.75, 3.05) is 33.4 Å². The Labute approximate surface area is 194 Å². The lowest BCUT2D eigenvalue weighted by Crippen LogP contribution is -2.40. The SMILES string of the molecule is CCOc1ccc(-c2cc(C(=O)NC[C@H](c3ccc(OC)cc3)N3CCCCC3)no2)cc1. The molecule has 174 valence electrons. The summed E-state index contributed by atoms with van der Waals surface area (Å²) in [6.07, 6.45) is 3.61. The number of hydrogen-bond acceptors (Lipinski definition) is 6. The number of benzene rings is 2. The molecule has 0 radical (unpaired) electrons. The molecule has 1 aliphatic heterocycles. The lowest BCUT2D eigenvalue weighted by Gasteiger charge is -2.35. The number of methoxy groups -OCH3 is 1. The number of nitrogens with zero attached hydrogens (tertiary/aromatic N) is 2. The van der Waals surface area contributed by atoms with Gasteiger partial charge in [0, 0.05) is 18.2 Å². The van der Waals surface area contributed by atoms with E-state index in [-0.39, 0.29) is 17.6 Å². The van der Waals surface area contributed by atoms with E-state index < -0.39 is 0 Å². The molecular formula is C26H31N3O4. The van der Waals surface area contributed by atoms with Crippen LogP contribution in [0.1, 0.15) is 48.3 Å². The largest absolute Gasteiger partial charge is 0.497 e. The molecule has 0 spiro atoms. The van der Waals surface area contributed by atoms with Gasteiger partial charge in [-0.2, -0.15) is 0 Å². The van der Waals surface area contributed by atoms with E-state index in [9.17, 15) is 4.79 Å². The topological polar surface area (TPSA) is 76.8 Å². The van der Waals surface area contributed by atoms with Crippen molar-refractivity contribution < 1.29 is 18.8 Å². The molecule has 1 atom stereocenters. The predicted octanol–water partition coefficient (Wildman–Crippen LogP) is 4.71. The van der Waals surface area contributed by atoms with Crippen LogP contribution in [0.3, 0.4) is 0 Å². The van der Waals surface area contributed by atoms with Gasteiger partial charge in [0.05, 0.1) is 19.8 Å². The van der Waals surface area contributed by atoms with Gasteiger partial charge < -0.3 is 19.3 Å². The number of rotatable bonds is 9. The van der Waals surface area contributed by atoms with Gasteiger partial charge in [-0.25, -0.2) is 0 Å². The third kappa shape index (κ3) is 5.73. The van der Waals surface area contributed by atoms with Crippen LogP contribution in [0.4, 0.5) is 0 Å². The number of hydrogen-bond donors (Lipinski definition) is 1. The number of piperidine rings is 1. The molecule has 7 heteroatoms. The zero-order valence-corrected chi connectivity index (χ0v) is 19.3. The zero-order valence-electron chi connectivity index (χ0n) is 19.3. The molecule has 2 aromatic carbocycles. The normalized spacial score (nSPS) is 15.1. The van der Waals surface area contributed by atoms with E-state index in [0.29, 0.717) is 18.9 Å². The van der Waals surface area contributed by atoms with Crippen LogP contribution in [-0.4, -0.2) is 49.3 Å². The van der Waals surface area contributed by atoms with Crippen LogP contribution >= 0.6 is 0 Å². The molecule has 0 unspecified atom stereocenters. The summed E-state index contributed by atoms with van der Waals surface area (Å²) in [5.74, 6) is 1.92. The fraction of sp³-hybridized carbons (Fsp3) is 0.385. The summed E-state index contributed by atoms with van der Waals surface area (Å²) in [5, 5.41) is 7.05. The van der Waals surface area contributed by atoms with E-state index in [4.69, 9.17) is 14.0 Å². The molecule has 0 bridgehead atoms. The Morgan fingerprint density at radius 2 is 1.76 bits per heavy atom. The Morgan fingerprint density at radius 1 is 1.06 bits per heavy atom. The number of amides is 1. The predicted molar refractivity (Wildman–Crippen MR) is 127 cm³/mol. The number of likely N-dealkylation sites (tertiary alicyclic amines) is 1. The van der Waals surface area contributed by atoms with Crippen LogP contribution in [0.2, 0.25) is 0 Å². The highest BCUT2D eigenvalue weighted by molar-refractivity contribution is 5.93. The smallest absolute Gasteiger partial charge is 0.273 e. The summed E-state index contributed by atoms with van der Waals surface area (Å²) in [4.78, 5) is 15.3. The van der Waals surface area contributed by atoms with Crippen molar-refractivity contribution in [3.05, 3.63) is 65.9 Å². The summed E-state index contributed by atoms with van der Waals surface area (Å²) in [6.45, 7) is 5.11. The average molecular weight is 450 g/mol. The van der Waals surface area contributed by atoms with E-state index in [1.54, 1.807) is 13.2 Å². The highest BCUT2D eigenvalue weighted by Crippen LogP contribution is 2.27. The minimum atomic E-state index is -0.244. The van der Waals surface area contributed by atoms with Crippen molar-refractivity contribution in [2.45, 2.75) is 32.2 Å². The quantitative estimate of drug-likeness (QED) is 0.510. The Morgan fingerprint density at radius 3 is 2.42 bits per heavy atom. The summed E-state index contributed by atoms with van der Waals surface area (Å²) in [5.41, 5.74) is 2.27. The molecule has 1 aromatic heterocycles. The number of carbonyl (C=O) groups excluding carboxylic acids is 1. The standard InChI is InChI=1S/C26H31N3O4/c1-3-32-22-13-9-20(10-14-22)25-17-23(28-33-25)26(30)27-18-24(29-15-5-4-6-16-29)19-7-11-21(31-2)12-8-19/h7-14,17,24H,3-6,15-16,18H2,1-2H3,(H,27,30)/t24-/m1/s1. The Hall–Kier alpha value is -3.32. The van der Waals surface area contributed by atoms with E-state index in [1.807, 2.05) is 43.3 Å². The van der Waals surface area contributed by atoms with Crippen LogP contribution in [0, 0.1) is 0 Å². The summed E-state index contributed by atoms with van der Waals surface area (Å²) in [6, 6.07) is 17.4. The lowest BCUT2D eigenvalue weighted by molar-refractivity contribution is 0.0915. The van der Waals surface area contributed by atoms with Crippen LogP contribution in [0.25, 0.3) is 11.3 Å². The molecule has 4 rings (SSSR count). The molecule has 2 heterocycles. The van der Waals surface area contributed by atoms with Gasteiger partial charge in [-0.15, -0.1) is 0 Å². The second-order valence-corrected chi connectivity index (χ2v) is 8.13. The molecule has 33 heavy (non-hydrogen) atoms. The van der Waals surface area contributed by atoms with E-state index in [2.05, 4.69) is 27.5 Å². The summed E-state index contributed by atoms with van der Waals surface area (Å²) < 4.78 is 16.2. The minimum Gasteiger partial charge on any atom is -0.497 e. The maximum absolute atomic E-state index is 12.9. The molecule has 0 aliphatic carbocycles. The van der Waals surface area contributed by atoms with Crippen LogP contribution in [0.5, 0.6) is 11.5 Å². The number of nitrogens with one attached hydrogen (secondary N) is 1. The molecule has 1 aliphatic rings. The van der Waals surface area contributed by atoms with Crippen molar-refractivity contribution in [1.82, 2.24) is 15.4 Å². The number of ether oxygens (including phenoxy) is 2. The summed E-state index contributed by atoms with van der Waals surface area (Å²) >= 11 is 0. The van der Waals surface area contributed by atoms with Gasteiger partial charge in [0.2, 0.25) is 0 Å². The molecule has 1 saturated heterocycles. The Kier molecular flexibility index (Phi) is 7.62. The Bertz CT molecular complexity index is 1020. The molecule has 1 N–H and O–H groups in total. The van der Waals surface area contributed by atoms with Crippen molar-refractivity contribution in [1.29, 1.82) is 0 Å². The van der Waals surface area contributed by atoms with Gasteiger partial charge in [-0.1, -0.05) is 23.7 Å². The highest BCUT2D eigenvalue weighted by Gasteiger charge is 2.24. The first-order valence-corrected chi connectivity index (χ1v) is 11.5. The first-order valence-electron chi connectivity index (χ1n) is 11.5. The van der Waals surface area contributed by atoms with Crippen molar-refractivity contribution in [3.63, 3.8) is 0 Å². The van der Waals surface area contributed by atoms with Gasteiger partial charge in [0.25, 0.3) is 5.91 Å². The highest BCUT2D eigenvalue weighted by atomic mass is 16.5. The molecule has 1 amide bonds. The van der Waals surface area contributed by atoms with Crippen LogP contribution in [-0.2, 0) is 0 Å². The first-order chi connectivity index (χ1) is 16.2. The van der Waals surface area contributed by atoms with Gasteiger partial charge in [-0.05, 0) is 74.8 Å². The van der Waals surface area contributed by atoms with Crippen molar-refractivity contribution in [2.24, 2.45) is 0 Å².